The summed E-state index contributed by atoms with van der Waals surface area (Å²) in [5.74, 6) is 0.736. The Morgan fingerprint density at radius 1 is 1.21 bits per heavy atom. The molecule has 0 spiro atoms. The Balaban J connectivity index is 2.52. The Kier molecular flexibility index (Phi) is 7.52. The van der Waals surface area contributed by atoms with Crippen molar-refractivity contribution in [1.82, 2.24) is 10.6 Å². The lowest BCUT2D eigenvalue weighted by Crippen LogP contribution is -2.49. The highest BCUT2D eigenvalue weighted by molar-refractivity contribution is 5.87. The summed E-state index contributed by atoms with van der Waals surface area (Å²) < 4.78 is 5.20. The van der Waals surface area contributed by atoms with E-state index in [4.69, 9.17) is 4.42 Å². The van der Waals surface area contributed by atoms with Crippen LogP contribution < -0.4 is 10.6 Å². The van der Waals surface area contributed by atoms with E-state index in [0.717, 1.165) is 6.42 Å². The molecule has 0 aliphatic heterocycles. The molecule has 0 aliphatic rings. The van der Waals surface area contributed by atoms with Gasteiger partial charge in [-0.05, 0) is 35.8 Å². The Morgan fingerprint density at radius 2 is 1.88 bits per heavy atom. The van der Waals surface area contributed by atoms with E-state index >= 15 is 0 Å². The van der Waals surface area contributed by atoms with Crippen LogP contribution in [0.1, 0.15) is 60.1 Å². The molecule has 1 heterocycles. The van der Waals surface area contributed by atoms with E-state index < -0.39 is 6.04 Å². The van der Waals surface area contributed by atoms with Crippen LogP contribution in [0.4, 0.5) is 0 Å². The highest BCUT2D eigenvalue weighted by Gasteiger charge is 2.25. The molecule has 0 aliphatic carbocycles. The lowest BCUT2D eigenvalue weighted by atomic mass is 9.84. The standard InChI is InChI=1S/C19H32N2O3/c1-13(2)17(18(23)20-12-15-8-7-9-24-15)21-16(22)10-14(3)11-19(4,5)6/h7-9,13-14,17H,10-12H2,1-6H3,(H,20,23)(H,21,22). The monoisotopic (exact) mass is 336 g/mol. The van der Waals surface area contributed by atoms with E-state index in [2.05, 4.69) is 38.3 Å². The van der Waals surface area contributed by atoms with Crippen LogP contribution in [-0.4, -0.2) is 17.9 Å². The number of hydrogen-bond acceptors (Lipinski definition) is 3. The zero-order valence-corrected chi connectivity index (χ0v) is 15.8. The van der Waals surface area contributed by atoms with Gasteiger partial charge in [0.1, 0.15) is 11.8 Å². The van der Waals surface area contributed by atoms with Crippen LogP contribution >= 0.6 is 0 Å². The topological polar surface area (TPSA) is 71.3 Å². The smallest absolute Gasteiger partial charge is 0.243 e. The average molecular weight is 336 g/mol. The van der Waals surface area contributed by atoms with E-state index in [-0.39, 0.29) is 29.1 Å². The van der Waals surface area contributed by atoms with Gasteiger partial charge in [0, 0.05) is 6.42 Å². The van der Waals surface area contributed by atoms with Crippen LogP contribution in [0, 0.1) is 17.3 Å². The molecule has 1 rings (SSSR count). The lowest BCUT2D eigenvalue weighted by molar-refractivity contribution is -0.130. The van der Waals surface area contributed by atoms with Crippen molar-refractivity contribution in [3.63, 3.8) is 0 Å². The van der Waals surface area contributed by atoms with Gasteiger partial charge in [-0.3, -0.25) is 9.59 Å². The van der Waals surface area contributed by atoms with Crippen molar-refractivity contribution >= 4 is 11.8 Å². The SMILES string of the molecule is CC(CC(=O)NC(C(=O)NCc1ccco1)C(C)C)CC(C)(C)C. The highest BCUT2D eigenvalue weighted by Crippen LogP contribution is 2.25. The number of carbonyl (C=O) groups excluding carboxylic acids is 2. The van der Waals surface area contributed by atoms with Crippen LogP contribution in [-0.2, 0) is 16.1 Å². The summed E-state index contributed by atoms with van der Waals surface area (Å²) in [5.41, 5.74) is 0.192. The molecule has 0 aromatic carbocycles. The first-order chi connectivity index (χ1) is 11.1. The van der Waals surface area contributed by atoms with E-state index in [0.29, 0.717) is 18.7 Å². The van der Waals surface area contributed by atoms with Gasteiger partial charge < -0.3 is 15.1 Å². The molecule has 0 radical (unpaired) electrons. The third-order valence-corrected chi connectivity index (χ3v) is 3.78. The quantitative estimate of drug-likeness (QED) is 0.763. The first-order valence-corrected chi connectivity index (χ1v) is 8.68. The van der Waals surface area contributed by atoms with Gasteiger partial charge in [-0.1, -0.05) is 41.5 Å². The molecule has 2 atom stereocenters. The van der Waals surface area contributed by atoms with Gasteiger partial charge in [0.25, 0.3) is 0 Å². The van der Waals surface area contributed by atoms with Crippen LogP contribution in [0.15, 0.2) is 22.8 Å². The second kappa shape index (κ2) is 8.90. The molecule has 5 heteroatoms. The van der Waals surface area contributed by atoms with E-state index in [1.807, 2.05) is 13.8 Å². The van der Waals surface area contributed by atoms with Crippen molar-refractivity contribution < 1.29 is 14.0 Å². The fourth-order valence-corrected chi connectivity index (χ4v) is 2.90. The number of furan rings is 1. The van der Waals surface area contributed by atoms with Crippen molar-refractivity contribution in [2.45, 2.75) is 67.0 Å². The number of rotatable bonds is 8. The first-order valence-electron chi connectivity index (χ1n) is 8.68. The number of nitrogens with one attached hydrogen (secondary N) is 2. The normalized spacial score (nSPS) is 14.3. The summed E-state index contributed by atoms with van der Waals surface area (Å²) in [5, 5.41) is 5.70. The summed E-state index contributed by atoms with van der Waals surface area (Å²) in [7, 11) is 0. The molecule has 0 saturated heterocycles. The van der Waals surface area contributed by atoms with E-state index in [1.54, 1.807) is 18.4 Å². The Hall–Kier alpha value is -1.78. The molecule has 2 N–H and O–H groups in total. The van der Waals surface area contributed by atoms with Gasteiger partial charge >= 0.3 is 0 Å². The minimum atomic E-state index is -0.533. The van der Waals surface area contributed by atoms with Crippen molar-refractivity contribution in [1.29, 1.82) is 0 Å². The molecule has 1 aromatic rings. The molecule has 2 unspecified atom stereocenters. The van der Waals surface area contributed by atoms with Crippen LogP contribution in [0.3, 0.4) is 0 Å². The maximum Gasteiger partial charge on any atom is 0.243 e. The minimum absolute atomic E-state index is 0.0171. The predicted molar refractivity (Wildman–Crippen MR) is 95.2 cm³/mol. The third kappa shape index (κ3) is 7.66. The molecule has 136 valence electrons. The van der Waals surface area contributed by atoms with Crippen molar-refractivity contribution in [2.24, 2.45) is 17.3 Å². The van der Waals surface area contributed by atoms with Crippen molar-refractivity contribution in [3.05, 3.63) is 24.2 Å². The third-order valence-electron chi connectivity index (χ3n) is 3.78. The number of carbonyl (C=O) groups is 2. The van der Waals surface area contributed by atoms with Gasteiger partial charge in [0.15, 0.2) is 0 Å². The van der Waals surface area contributed by atoms with E-state index in [9.17, 15) is 9.59 Å². The second-order valence-electron chi connectivity index (χ2n) is 8.16. The largest absolute Gasteiger partial charge is 0.467 e. The highest BCUT2D eigenvalue weighted by atomic mass is 16.3. The Bertz CT molecular complexity index is 515. The van der Waals surface area contributed by atoms with Gasteiger partial charge in [-0.15, -0.1) is 0 Å². The van der Waals surface area contributed by atoms with Gasteiger partial charge in [0.2, 0.25) is 11.8 Å². The summed E-state index contributed by atoms with van der Waals surface area (Å²) in [6.45, 7) is 12.8. The van der Waals surface area contributed by atoms with Crippen molar-refractivity contribution in [2.75, 3.05) is 0 Å². The maximum absolute atomic E-state index is 12.4. The van der Waals surface area contributed by atoms with Gasteiger partial charge in [-0.25, -0.2) is 0 Å². The summed E-state index contributed by atoms with van der Waals surface area (Å²) in [6, 6.07) is 3.05. The summed E-state index contributed by atoms with van der Waals surface area (Å²) in [6.07, 6.45) is 2.98. The van der Waals surface area contributed by atoms with Crippen LogP contribution in [0.25, 0.3) is 0 Å². The van der Waals surface area contributed by atoms with Gasteiger partial charge in [0.05, 0.1) is 12.8 Å². The average Bonchev–Trinajstić information content (AvgIpc) is 2.92. The fraction of sp³-hybridized carbons (Fsp3) is 0.684. The Morgan fingerprint density at radius 3 is 2.38 bits per heavy atom. The molecule has 5 nitrogen and oxygen atoms in total. The predicted octanol–water partition coefficient (Wildman–Crippen LogP) is 3.50. The number of hydrogen-bond donors (Lipinski definition) is 2. The minimum Gasteiger partial charge on any atom is -0.467 e. The van der Waals surface area contributed by atoms with Crippen LogP contribution in [0.5, 0.6) is 0 Å². The number of amides is 2. The second-order valence-corrected chi connectivity index (χ2v) is 8.16. The molecular formula is C19H32N2O3. The Labute approximate surface area is 145 Å². The van der Waals surface area contributed by atoms with Crippen molar-refractivity contribution in [3.8, 4) is 0 Å². The molecular weight excluding hydrogens is 304 g/mol. The molecule has 2 amide bonds. The molecule has 0 saturated carbocycles. The summed E-state index contributed by atoms with van der Waals surface area (Å²) >= 11 is 0. The van der Waals surface area contributed by atoms with E-state index in [1.165, 1.54) is 0 Å². The zero-order valence-electron chi connectivity index (χ0n) is 15.8. The molecule has 0 bridgehead atoms. The van der Waals surface area contributed by atoms with Gasteiger partial charge in [-0.2, -0.15) is 0 Å². The fourth-order valence-electron chi connectivity index (χ4n) is 2.90. The lowest BCUT2D eigenvalue weighted by Gasteiger charge is -2.25. The molecule has 1 aromatic heterocycles. The molecule has 0 fully saturated rings. The van der Waals surface area contributed by atoms with Crippen LogP contribution in [0.2, 0.25) is 0 Å². The first kappa shape index (κ1) is 20.3. The molecule has 24 heavy (non-hydrogen) atoms. The maximum atomic E-state index is 12.4. The zero-order chi connectivity index (χ0) is 18.3. The summed E-state index contributed by atoms with van der Waals surface area (Å²) in [4.78, 5) is 24.6.